The number of aromatic amines is 1. The van der Waals surface area contributed by atoms with Gasteiger partial charge in [0.25, 0.3) is 0 Å². The lowest BCUT2D eigenvalue weighted by Crippen LogP contribution is -2.45. The summed E-state index contributed by atoms with van der Waals surface area (Å²) in [4.78, 5) is 14.5. The number of para-hydroxylation sites is 2. The third kappa shape index (κ3) is 3.23. The second-order valence-electron chi connectivity index (χ2n) is 6.95. The van der Waals surface area contributed by atoms with E-state index in [1.165, 1.54) is 0 Å². The molecule has 0 radical (unpaired) electrons. The Balaban J connectivity index is 2.00. The van der Waals surface area contributed by atoms with Gasteiger partial charge in [-0.15, -0.1) is 0 Å². The van der Waals surface area contributed by atoms with Crippen LogP contribution >= 0.6 is 23.6 Å². The molecule has 4 rings (SSSR count). The second-order valence-corrected chi connectivity index (χ2v) is 8.60. The average molecular weight is 450 g/mol. The fourth-order valence-electron chi connectivity index (χ4n) is 3.74. The Labute approximate surface area is 188 Å². The van der Waals surface area contributed by atoms with E-state index in [2.05, 4.69) is 22.0 Å². The quantitative estimate of drug-likeness (QED) is 0.188. The topological polar surface area (TPSA) is 89.1 Å². The first kappa shape index (κ1) is 20.9. The molecule has 0 aliphatic heterocycles. The highest BCUT2D eigenvalue weighted by molar-refractivity contribution is 7.73. The Kier molecular flexibility index (Phi) is 5.40. The van der Waals surface area contributed by atoms with Crippen molar-refractivity contribution in [2.45, 2.75) is 13.8 Å². The number of hydrogen-bond donors (Lipinski definition) is 2. The Morgan fingerprint density at radius 3 is 2.32 bits per heavy atom. The van der Waals surface area contributed by atoms with Crippen LogP contribution in [0, 0.1) is 17.8 Å². The first-order valence-corrected chi connectivity index (χ1v) is 10.7. The zero-order chi connectivity index (χ0) is 22.2. The minimum atomic E-state index is -0.511. The maximum atomic E-state index is 14.2. The van der Waals surface area contributed by atoms with Crippen molar-refractivity contribution in [3.05, 3.63) is 80.9 Å². The molecule has 31 heavy (non-hydrogen) atoms. The Morgan fingerprint density at radius 1 is 1.16 bits per heavy atom. The van der Waals surface area contributed by atoms with Crippen LogP contribution in [0.3, 0.4) is 0 Å². The van der Waals surface area contributed by atoms with E-state index < -0.39 is 4.59 Å². The molecule has 2 aromatic carbocycles. The second kappa shape index (κ2) is 8.03. The molecule has 0 aliphatic rings. The van der Waals surface area contributed by atoms with Crippen molar-refractivity contribution in [2.24, 2.45) is 5.10 Å². The summed E-state index contributed by atoms with van der Waals surface area (Å²) in [5.74, 6) is -0.0795. The number of hydrogen-bond acceptors (Lipinski definition) is 6. The van der Waals surface area contributed by atoms with Crippen molar-refractivity contribution in [1.82, 2.24) is 19.4 Å². The van der Waals surface area contributed by atoms with Gasteiger partial charge in [0.05, 0.1) is 5.69 Å². The van der Waals surface area contributed by atoms with Crippen LogP contribution in [0.2, 0.25) is 0 Å². The number of amides is 1. The van der Waals surface area contributed by atoms with Crippen LogP contribution in [0.25, 0.3) is 5.69 Å². The summed E-state index contributed by atoms with van der Waals surface area (Å²) in [7, 11) is 0. The zero-order valence-electron chi connectivity index (χ0n) is 17.1. The Bertz CT molecular complexity index is 1300. The van der Waals surface area contributed by atoms with E-state index in [0.29, 0.717) is 31.6 Å². The van der Waals surface area contributed by atoms with E-state index in [1.807, 2.05) is 74.5 Å². The lowest BCUT2D eigenvalue weighted by molar-refractivity contribution is 0.0843. The van der Waals surface area contributed by atoms with Crippen LogP contribution in [-0.2, 0) is 0 Å². The SMILES string of the molecule is C=N[N+](C(=O)c1sc(=S)n(-c2ccccc2)c1N)(c1ccccc1)c1c(C)n[nH]c1C. The molecule has 1 amide bonds. The number of thiazole rings is 1. The van der Waals surface area contributed by atoms with E-state index in [-0.39, 0.29) is 11.7 Å². The molecular weight excluding hydrogens is 428 g/mol. The molecule has 0 saturated heterocycles. The predicted molar refractivity (Wildman–Crippen MR) is 129 cm³/mol. The molecule has 0 bridgehead atoms. The first-order valence-electron chi connectivity index (χ1n) is 9.48. The fourth-order valence-corrected chi connectivity index (χ4v) is 5.08. The minimum absolute atomic E-state index is 0.270. The fraction of sp³-hybridized carbons (Fsp3) is 0.0909. The molecule has 0 aliphatic carbocycles. The summed E-state index contributed by atoms with van der Waals surface area (Å²) >= 11 is 6.73. The van der Waals surface area contributed by atoms with Gasteiger partial charge in [-0.05, 0) is 38.2 Å². The third-order valence-corrected chi connectivity index (χ3v) is 6.48. The standard InChI is InChI=1S/C22H20N6OS2/c1-14-18(15(2)26-25-14)28(24-3,17-12-8-5-9-13-17)21(29)19-20(23)27(22(30)31-19)16-10-6-4-7-11-16/h4-13H,3H2,1-2H3,(H2-,23,25,26,29)/p+1. The number of aromatic nitrogens is 3. The Hall–Kier alpha value is -3.40. The summed E-state index contributed by atoms with van der Waals surface area (Å²) < 4.78 is 1.66. The van der Waals surface area contributed by atoms with Crippen molar-refractivity contribution in [3.63, 3.8) is 0 Å². The number of quaternary nitrogens is 1. The van der Waals surface area contributed by atoms with E-state index in [4.69, 9.17) is 18.0 Å². The van der Waals surface area contributed by atoms with Gasteiger partial charge >= 0.3 is 5.91 Å². The maximum Gasteiger partial charge on any atom is 0.396 e. The summed E-state index contributed by atoms with van der Waals surface area (Å²) in [6, 6.07) is 18.7. The number of rotatable bonds is 5. The number of nitrogens with two attached hydrogens (primary N) is 1. The zero-order valence-corrected chi connectivity index (χ0v) is 18.7. The maximum absolute atomic E-state index is 14.2. The molecule has 2 aromatic heterocycles. The lowest BCUT2D eigenvalue weighted by atomic mass is 10.2. The van der Waals surface area contributed by atoms with Gasteiger partial charge in [0.2, 0.25) is 5.69 Å². The number of anilines is 1. The number of aryl methyl sites for hydroxylation is 2. The average Bonchev–Trinajstić information content (AvgIpc) is 3.28. The predicted octanol–water partition coefficient (Wildman–Crippen LogP) is 5.29. The highest BCUT2D eigenvalue weighted by Gasteiger charge is 2.48. The minimum Gasteiger partial charge on any atom is -0.383 e. The number of carbonyl (C=O) groups is 1. The highest BCUT2D eigenvalue weighted by Crippen LogP contribution is 2.42. The third-order valence-electron chi connectivity index (χ3n) is 5.10. The molecular formula is C22H21N6OS2+. The largest absolute Gasteiger partial charge is 0.396 e. The van der Waals surface area contributed by atoms with Crippen molar-refractivity contribution in [2.75, 3.05) is 5.73 Å². The number of carbonyl (C=O) groups excluding carboxylic acids is 1. The molecule has 7 nitrogen and oxygen atoms in total. The molecule has 4 aromatic rings. The lowest BCUT2D eigenvalue weighted by Gasteiger charge is -2.27. The van der Waals surface area contributed by atoms with Crippen LogP contribution in [-0.4, -0.2) is 27.4 Å². The molecule has 2 heterocycles. The van der Waals surface area contributed by atoms with E-state index in [1.54, 1.807) is 4.57 Å². The molecule has 1 atom stereocenters. The highest BCUT2D eigenvalue weighted by atomic mass is 32.1. The molecule has 9 heteroatoms. The first-order chi connectivity index (χ1) is 14.9. The van der Waals surface area contributed by atoms with Crippen LogP contribution in [0.4, 0.5) is 17.2 Å². The van der Waals surface area contributed by atoms with Gasteiger partial charge in [-0.3, -0.25) is 9.67 Å². The summed E-state index contributed by atoms with van der Waals surface area (Å²) in [5.41, 5.74) is 9.87. The van der Waals surface area contributed by atoms with Gasteiger partial charge in [-0.1, -0.05) is 57.4 Å². The van der Waals surface area contributed by atoms with Gasteiger partial charge < -0.3 is 5.73 Å². The van der Waals surface area contributed by atoms with Crippen molar-refractivity contribution in [1.29, 1.82) is 0 Å². The number of H-pyrrole nitrogens is 1. The van der Waals surface area contributed by atoms with Crippen LogP contribution in [0.15, 0.2) is 65.8 Å². The van der Waals surface area contributed by atoms with E-state index in [9.17, 15) is 4.79 Å². The van der Waals surface area contributed by atoms with E-state index in [0.717, 1.165) is 17.0 Å². The normalized spacial score (nSPS) is 13.0. The molecule has 0 saturated carbocycles. The summed E-state index contributed by atoms with van der Waals surface area (Å²) in [6.07, 6.45) is 0. The van der Waals surface area contributed by atoms with Crippen LogP contribution in [0.1, 0.15) is 21.1 Å². The monoisotopic (exact) mass is 449 g/mol. The number of nitrogen functional groups attached to an aromatic ring is 1. The Morgan fingerprint density at radius 2 is 1.77 bits per heavy atom. The summed E-state index contributed by atoms with van der Waals surface area (Å²) in [6.45, 7) is 7.48. The summed E-state index contributed by atoms with van der Waals surface area (Å²) in [5, 5.41) is 11.6. The van der Waals surface area contributed by atoms with E-state index >= 15 is 0 Å². The van der Waals surface area contributed by atoms with Crippen molar-refractivity contribution < 1.29 is 4.79 Å². The van der Waals surface area contributed by atoms with Gasteiger partial charge in [0.1, 0.15) is 11.5 Å². The van der Waals surface area contributed by atoms with Gasteiger partial charge in [0, 0.05) is 24.5 Å². The number of nitrogens with one attached hydrogen (secondary N) is 1. The van der Waals surface area contributed by atoms with Gasteiger partial charge in [0.15, 0.2) is 14.5 Å². The van der Waals surface area contributed by atoms with Crippen molar-refractivity contribution in [3.8, 4) is 5.69 Å². The smallest absolute Gasteiger partial charge is 0.383 e. The molecule has 156 valence electrons. The molecule has 1 unspecified atom stereocenters. The van der Waals surface area contributed by atoms with Crippen LogP contribution in [0.5, 0.6) is 0 Å². The van der Waals surface area contributed by atoms with Crippen molar-refractivity contribution >= 4 is 53.4 Å². The van der Waals surface area contributed by atoms with Gasteiger partial charge in [-0.2, -0.15) is 5.10 Å². The van der Waals surface area contributed by atoms with Gasteiger partial charge in [-0.25, -0.2) is 4.79 Å². The molecule has 0 spiro atoms. The number of nitrogens with zero attached hydrogens (tertiary/aromatic N) is 4. The van der Waals surface area contributed by atoms with Crippen LogP contribution < -0.4 is 10.3 Å². The number of benzene rings is 2. The molecule has 0 fully saturated rings. The molecule has 3 N–H and O–H groups in total.